The van der Waals surface area contributed by atoms with Crippen molar-refractivity contribution in [1.29, 1.82) is 0 Å². The van der Waals surface area contributed by atoms with Gasteiger partial charge in [0.05, 0.1) is 12.2 Å². The van der Waals surface area contributed by atoms with E-state index in [0.29, 0.717) is 16.8 Å². The largest absolute Gasteiger partial charge is 0.486 e. The standard InChI is InChI=1S/C19H16BrFN2O2/c1-13(15-7-9-16(21)10-8-15)23-19(24)18(20)17(11-22-23)25-12-14-5-3-2-4-6-14/h2-11,13H,12H2,1H3. The summed E-state index contributed by atoms with van der Waals surface area (Å²) in [5.74, 6) is 0.0681. The Morgan fingerprint density at radius 1 is 1.16 bits per heavy atom. The van der Waals surface area contributed by atoms with Crippen molar-refractivity contribution in [2.24, 2.45) is 0 Å². The Balaban J connectivity index is 1.82. The fraction of sp³-hybridized carbons (Fsp3) is 0.158. The first-order valence-electron chi connectivity index (χ1n) is 7.76. The van der Waals surface area contributed by atoms with Crippen LogP contribution in [-0.4, -0.2) is 9.78 Å². The topological polar surface area (TPSA) is 44.1 Å². The summed E-state index contributed by atoms with van der Waals surface area (Å²) in [6.07, 6.45) is 1.51. The van der Waals surface area contributed by atoms with E-state index in [4.69, 9.17) is 4.74 Å². The van der Waals surface area contributed by atoms with E-state index in [0.717, 1.165) is 11.1 Å². The maximum Gasteiger partial charge on any atom is 0.285 e. The third-order valence-corrected chi connectivity index (χ3v) is 4.60. The predicted molar refractivity (Wildman–Crippen MR) is 97.2 cm³/mol. The van der Waals surface area contributed by atoms with Gasteiger partial charge in [-0.05, 0) is 46.1 Å². The molecule has 0 aliphatic rings. The zero-order chi connectivity index (χ0) is 17.8. The average Bonchev–Trinajstić information content (AvgIpc) is 2.64. The Morgan fingerprint density at radius 2 is 1.84 bits per heavy atom. The number of halogens is 2. The number of nitrogens with zero attached hydrogens (tertiary/aromatic N) is 2. The minimum atomic E-state index is -0.326. The fourth-order valence-corrected chi connectivity index (χ4v) is 2.82. The summed E-state index contributed by atoms with van der Waals surface area (Å²) in [5.41, 5.74) is 1.49. The maximum atomic E-state index is 13.1. The molecule has 4 nitrogen and oxygen atoms in total. The van der Waals surface area contributed by atoms with E-state index in [1.165, 1.54) is 23.0 Å². The van der Waals surface area contributed by atoms with Crippen LogP contribution in [0.25, 0.3) is 0 Å². The Morgan fingerprint density at radius 3 is 2.52 bits per heavy atom. The van der Waals surface area contributed by atoms with Gasteiger partial charge in [-0.25, -0.2) is 9.07 Å². The van der Waals surface area contributed by atoms with Gasteiger partial charge >= 0.3 is 0 Å². The van der Waals surface area contributed by atoms with Crippen LogP contribution in [-0.2, 0) is 6.61 Å². The number of benzene rings is 2. The molecule has 0 spiro atoms. The average molecular weight is 403 g/mol. The Hall–Kier alpha value is -2.47. The van der Waals surface area contributed by atoms with Gasteiger partial charge in [0, 0.05) is 0 Å². The van der Waals surface area contributed by atoms with E-state index in [1.54, 1.807) is 12.1 Å². The molecule has 0 aliphatic heterocycles. The van der Waals surface area contributed by atoms with Crippen LogP contribution < -0.4 is 10.3 Å². The lowest BCUT2D eigenvalue weighted by atomic mass is 10.1. The molecule has 1 heterocycles. The van der Waals surface area contributed by atoms with Crippen molar-refractivity contribution in [2.75, 3.05) is 0 Å². The number of rotatable bonds is 5. The van der Waals surface area contributed by atoms with Crippen molar-refractivity contribution in [3.63, 3.8) is 0 Å². The summed E-state index contributed by atoms with van der Waals surface area (Å²) in [7, 11) is 0. The SMILES string of the molecule is CC(c1ccc(F)cc1)n1ncc(OCc2ccccc2)c(Br)c1=O. The highest BCUT2D eigenvalue weighted by molar-refractivity contribution is 9.10. The van der Waals surface area contributed by atoms with Gasteiger partial charge in [0.1, 0.15) is 16.9 Å². The first-order valence-corrected chi connectivity index (χ1v) is 8.55. The van der Waals surface area contributed by atoms with Gasteiger partial charge in [-0.15, -0.1) is 0 Å². The van der Waals surface area contributed by atoms with E-state index in [9.17, 15) is 9.18 Å². The van der Waals surface area contributed by atoms with Crippen LogP contribution in [0.1, 0.15) is 24.1 Å². The van der Waals surface area contributed by atoms with Gasteiger partial charge in [-0.3, -0.25) is 4.79 Å². The van der Waals surface area contributed by atoms with E-state index >= 15 is 0 Å². The molecular formula is C19H16BrFN2O2. The highest BCUT2D eigenvalue weighted by atomic mass is 79.9. The van der Waals surface area contributed by atoms with Crippen LogP contribution >= 0.6 is 15.9 Å². The molecule has 3 rings (SSSR count). The number of aromatic nitrogens is 2. The quantitative estimate of drug-likeness (QED) is 0.637. The molecule has 25 heavy (non-hydrogen) atoms. The molecule has 0 saturated carbocycles. The summed E-state index contributed by atoms with van der Waals surface area (Å²) >= 11 is 3.30. The number of hydrogen-bond donors (Lipinski definition) is 0. The first kappa shape index (κ1) is 17.4. The summed E-state index contributed by atoms with van der Waals surface area (Å²) in [6, 6.07) is 15.4. The fourth-order valence-electron chi connectivity index (χ4n) is 2.42. The Kier molecular flexibility index (Phi) is 5.28. The maximum absolute atomic E-state index is 13.1. The van der Waals surface area contributed by atoms with Gasteiger partial charge in [0.2, 0.25) is 0 Å². The number of hydrogen-bond acceptors (Lipinski definition) is 3. The molecule has 2 aromatic carbocycles. The van der Waals surface area contributed by atoms with Crippen molar-refractivity contribution in [1.82, 2.24) is 9.78 Å². The molecule has 0 N–H and O–H groups in total. The van der Waals surface area contributed by atoms with E-state index in [1.807, 2.05) is 37.3 Å². The van der Waals surface area contributed by atoms with Gasteiger partial charge in [0.15, 0.2) is 5.75 Å². The molecule has 0 saturated heterocycles. The molecule has 1 aromatic heterocycles. The molecule has 0 bridgehead atoms. The van der Waals surface area contributed by atoms with Crippen LogP contribution in [0.5, 0.6) is 5.75 Å². The predicted octanol–water partition coefficient (Wildman–Crippen LogP) is 4.33. The lowest BCUT2D eigenvalue weighted by Crippen LogP contribution is -2.27. The minimum absolute atomic E-state index is 0.303. The van der Waals surface area contributed by atoms with Gasteiger partial charge in [0.25, 0.3) is 5.56 Å². The van der Waals surface area contributed by atoms with Crippen LogP contribution in [0.3, 0.4) is 0 Å². The van der Waals surface area contributed by atoms with Gasteiger partial charge in [-0.2, -0.15) is 5.10 Å². The van der Waals surface area contributed by atoms with E-state index in [-0.39, 0.29) is 17.4 Å². The molecule has 3 aromatic rings. The zero-order valence-corrected chi connectivity index (χ0v) is 15.1. The second-order valence-electron chi connectivity index (χ2n) is 5.57. The van der Waals surface area contributed by atoms with Crippen LogP contribution in [0.2, 0.25) is 0 Å². The molecule has 128 valence electrons. The normalized spacial score (nSPS) is 12.0. The third-order valence-electron chi connectivity index (χ3n) is 3.87. The highest BCUT2D eigenvalue weighted by Gasteiger charge is 2.16. The Labute approximate surface area is 153 Å². The van der Waals surface area contributed by atoms with Crippen LogP contribution in [0.4, 0.5) is 4.39 Å². The molecule has 1 atom stereocenters. The lowest BCUT2D eigenvalue weighted by molar-refractivity contribution is 0.299. The smallest absolute Gasteiger partial charge is 0.285 e. The van der Waals surface area contributed by atoms with Gasteiger partial charge < -0.3 is 4.74 Å². The van der Waals surface area contributed by atoms with Crippen molar-refractivity contribution < 1.29 is 9.13 Å². The molecule has 0 amide bonds. The third kappa shape index (κ3) is 3.96. The first-order chi connectivity index (χ1) is 12.1. The van der Waals surface area contributed by atoms with Crippen molar-refractivity contribution in [2.45, 2.75) is 19.6 Å². The Bertz CT molecular complexity index is 911. The molecule has 1 unspecified atom stereocenters. The molecule has 0 fully saturated rings. The summed E-state index contributed by atoms with van der Waals surface area (Å²) in [6.45, 7) is 2.18. The number of ether oxygens (including phenoxy) is 1. The molecule has 0 radical (unpaired) electrons. The van der Waals surface area contributed by atoms with Crippen molar-refractivity contribution in [3.05, 3.63) is 92.6 Å². The van der Waals surface area contributed by atoms with Crippen LogP contribution in [0, 0.1) is 5.82 Å². The molecule has 6 heteroatoms. The summed E-state index contributed by atoms with van der Waals surface area (Å²) in [5, 5.41) is 4.21. The highest BCUT2D eigenvalue weighted by Crippen LogP contribution is 2.23. The lowest BCUT2D eigenvalue weighted by Gasteiger charge is -2.16. The van der Waals surface area contributed by atoms with Crippen molar-refractivity contribution in [3.8, 4) is 5.75 Å². The summed E-state index contributed by atoms with van der Waals surface area (Å²) < 4.78 is 20.4. The second-order valence-corrected chi connectivity index (χ2v) is 6.37. The summed E-state index contributed by atoms with van der Waals surface area (Å²) in [4.78, 5) is 12.6. The van der Waals surface area contributed by atoms with Crippen molar-refractivity contribution >= 4 is 15.9 Å². The molecular weight excluding hydrogens is 387 g/mol. The monoisotopic (exact) mass is 402 g/mol. The zero-order valence-electron chi connectivity index (χ0n) is 13.5. The van der Waals surface area contributed by atoms with E-state index < -0.39 is 0 Å². The van der Waals surface area contributed by atoms with Crippen LogP contribution in [0.15, 0.2) is 70.1 Å². The molecule has 0 aliphatic carbocycles. The second kappa shape index (κ2) is 7.61. The van der Waals surface area contributed by atoms with Gasteiger partial charge in [-0.1, -0.05) is 42.5 Å². The van der Waals surface area contributed by atoms with E-state index in [2.05, 4.69) is 21.0 Å². The minimum Gasteiger partial charge on any atom is -0.486 e.